The molecule has 2 heterocycles. The molecule has 0 saturated heterocycles. The molecular weight excluding hydrogens is 226 g/mol. The molecule has 5 heteroatoms. The van der Waals surface area contributed by atoms with Crippen LogP contribution in [-0.4, -0.2) is 14.6 Å². The van der Waals surface area contributed by atoms with Crippen LogP contribution in [0.5, 0.6) is 0 Å². The van der Waals surface area contributed by atoms with E-state index < -0.39 is 0 Å². The molecule has 15 heavy (non-hydrogen) atoms. The molecule has 0 amide bonds. The van der Waals surface area contributed by atoms with Crippen LogP contribution in [0.25, 0.3) is 10.6 Å². The smallest absolute Gasteiger partial charge is 0.150 e. The molecule has 3 nitrogen and oxygen atoms in total. The Morgan fingerprint density at radius 1 is 1.20 bits per heavy atom. The van der Waals surface area contributed by atoms with Crippen LogP contribution in [-0.2, 0) is 5.41 Å². The Kier molecular flexibility index (Phi) is 2.60. The van der Waals surface area contributed by atoms with Crippen molar-refractivity contribution in [3.63, 3.8) is 0 Å². The van der Waals surface area contributed by atoms with Crippen LogP contribution in [0.2, 0.25) is 0 Å². The van der Waals surface area contributed by atoms with Crippen molar-refractivity contribution in [2.24, 2.45) is 0 Å². The normalized spacial score (nSPS) is 12.0. The molecule has 2 aromatic rings. The topological polar surface area (TPSA) is 38.7 Å². The third-order valence-electron chi connectivity index (χ3n) is 2.05. The van der Waals surface area contributed by atoms with Gasteiger partial charge in [-0.2, -0.15) is 4.37 Å². The van der Waals surface area contributed by atoms with Gasteiger partial charge in [-0.1, -0.05) is 32.1 Å². The summed E-state index contributed by atoms with van der Waals surface area (Å²) in [4.78, 5) is 0. The molecule has 0 unspecified atom stereocenters. The number of aryl methyl sites for hydroxylation is 1. The SMILES string of the molecule is Cc1nscc1-c1nnc(C(C)(C)C)s1. The highest BCUT2D eigenvalue weighted by molar-refractivity contribution is 7.15. The van der Waals surface area contributed by atoms with E-state index in [0.29, 0.717) is 0 Å². The molecule has 0 aliphatic carbocycles. The highest BCUT2D eigenvalue weighted by Crippen LogP contribution is 2.32. The Bertz CT molecular complexity index is 465. The van der Waals surface area contributed by atoms with Crippen molar-refractivity contribution in [2.45, 2.75) is 33.1 Å². The summed E-state index contributed by atoms with van der Waals surface area (Å²) in [5.41, 5.74) is 2.23. The quantitative estimate of drug-likeness (QED) is 0.766. The van der Waals surface area contributed by atoms with Crippen LogP contribution in [0.3, 0.4) is 0 Å². The molecule has 0 fully saturated rings. The predicted octanol–water partition coefficient (Wildman–Crippen LogP) is 3.27. The van der Waals surface area contributed by atoms with Crippen LogP contribution in [0.1, 0.15) is 31.5 Å². The summed E-state index contributed by atoms with van der Waals surface area (Å²) in [6.07, 6.45) is 0. The fraction of sp³-hybridized carbons (Fsp3) is 0.500. The van der Waals surface area contributed by atoms with E-state index in [1.54, 1.807) is 11.3 Å². The second-order valence-corrected chi connectivity index (χ2v) is 6.08. The van der Waals surface area contributed by atoms with Crippen LogP contribution in [0.15, 0.2) is 5.38 Å². The number of aromatic nitrogens is 3. The average Bonchev–Trinajstić information content (AvgIpc) is 2.69. The van der Waals surface area contributed by atoms with Gasteiger partial charge in [0.2, 0.25) is 0 Å². The van der Waals surface area contributed by atoms with E-state index in [1.807, 2.05) is 12.3 Å². The lowest BCUT2D eigenvalue weighted by molar-refractivity contribution is 0.578. The van der Waals surface area contributed by atoms with E-state index in [9.17, 15) is 0 Å². The first-order chi connectivity index (χ1) is 6.98. The van der Waals surface area contributed by atoms with Crippen molar-refractivity contribution in [3.05, 3.63) is 16.1 Å². The van der Waals surface area contributed by atoms with Crippen LogP contribution in [0, 0.1) is 6.92 Å². The molecule has 2 rings (SSSR count). The van der Waals surface area contributed by atoms with Crippen molar-refractivity contribution in [1.29, 1.82) is 0 Å². The summed E-state index contributed by atoms with van der Waals surface area (Å²) >= 11 is 3.12. The molecule has 0 saturated carbocycles. The number of nitrogens with zero attached hydrogens (tertiary/aromatic N) is 3. The van der Waals surface area contributed by atoms with Crippen molar-refractivity contribution < 1.29 is 0 Å². The van der Waals surface area contributed by atoms with Crippen LogP contribution in [0.4, 0.5) is 0 Å². The monoisotopic (exact) mass is 239 g/mol. The van der Waals surface area contributed by atoms with Gasteiger partial charge in [-0.25, -0.2) is 0 Å². The first kappa shape index (κ1) is 10.7. The molecule has 2 aromatic heterocycles. The second kappa shape index (κ2) is 3.64. The highest BCUT2D eigenvalue weighted by Gasteiger charge is 2.20. The van der Waals surface area contributed by atoms with Crippen molar-refractivity contribution in [3.8, 4) is 10.6 Å². The van der Waals surface area contributed by atoms with Gasteiger partial charge >= 0.3 is 0 Å². The Balaban J connectivity index is 2.41. The van der Waals surface area contributed by atoms with Gasteiger partial charge < -0.3 is 0 Å². The van der Waals surface area contributed by atoms with Gasteiger partial charge in [0.15, 0.2) is 5.01 Å². The third kappa shape index (κ3) is 2.08. The standard InChI is InChI=1S/C10H13N3S2/c1-6-7(5-14-13-6)8-11-12-9(15-8)10(2,3)4/h5H,1-4H3. The Morgan fingerprint density at radius 2 is 1.93 bits per heavy atom. The molecule has 80 valence electrons. The molecule has 0 aliphatic rings. The minimum absolute atomic E-state index is 0.0767. The molecule has 0 spiro atoms. The summed E-state index contributed by atoms with van der Waals surface area (Å²) in [7, 11) is 0. The molecule has 0 atom stereocenters. The summed E-state index contributed by atoms with van der Waals surface area (Å²) in [6.45, 7) is 8.45. The van der Waals surface area contributed by atoms with Crippen molar-refractivity contribution in [2.75, 3.05) is 0 Å². The maximum atomic E-state index is 4.24. The first-order valence-electron chi connectivity index (χ1n) is 4.74. The second-order valence-electron chi connectivity index (χ2n) is 4.48. The maximum absolute atomic E-state index is 4.24. The number of hydrogen-bond donors (Lipinski definition) is 0. The predicted molar refractivity (Wildman–Crippen MR) is 64.5 cm³/mol. The zero-order chi connectivity index (χ0) is 11.1. The summed E-state index contributed by atoms with van der Waals surface area (Å²) in [6, 6.07) is 0. The minimum Gasteiger partial charge on any atom is -0.197 e. The van der Waals surface area contributed by atoms with Gasteiger partial charge in [0.1, 0.15) is 5.01 Å². The molecule has 0 aliphatic heterocycles. The lowest BCUT2D eigenvalue weighted by Gasteiger charge is -2.12. The summed E-state index contributed by atoms with van der Waals surface area (Å²) < 4.78 is 4.24. The Morgan fingerprint density at radius 3 is 2.40 bits per heavy atom. The van der Waals surface area contributed by atoms with Gasteiger partial charge in [0.25, 0.3) is 0 Å². The third-order valence-corrected chi connectivity index (χ3v) is 4.15. The van der Waals surface area contributed by atoms with Gasteiger partial charge in [-0.3, -0.25) is 0 Å². The molecule has 0 N–H and O–H groups in total. The lowest BCUT2D eigenvalue weighted by atomic mass is 9.98. The van der Waals surface area contributed by atoms with E-state index in [0.717, 1.165) is 21.3 Å². The molecular formula is C10H13N3S2. The van der Waals surface area contributed by atoms with Gasteiger partial charge in [-0.15, -0.1) is 10.2 Å². The lowest BCUT2D eigenvalue weighted by Crippen LogP contribution is -2.10. The van der Waals surface area contributed by atoms with Gasteiger partial charge in [-0.05, 0) is 18.5 Å². The van der Waals surface area contributed by atoms with E-state index in [-0.39, 0.29) is 5.41 Å². The maximum Gasteiger partial charge on any atom is 0.150 e. The van der Waals surface area contributed by atoms with Crippen molar-refractivity contribution in [1.82, 2.24) is 14.6 Å². The highest BCUT2D eigenvalue weighted by atomic mass is 32.1. The Hall–Kier alpha value is -0.810. The minimum atomic E-state index is 0.0767. The fourth-order valence-corrected chi connectivity index (χ4v) is 2.87. The van der Waals surface area contributed by atoms with E-state index in [1.165, 1.54) is 11.5 Å². The average molecular weight is 239 g/mol. The molecule has 0 bridgehead atoms. The molecule has 0 aromatic carbocycles. The fourth-order valence-electron chi connectivity index (χ4n) is 1.13. The Labute approximate surface area is 97.4 Å². The number of hydrogen-bond acceptors (Lipinski definition) is 5. The summed E-state index contributed by atoms with van der Waals surface area (Å²) in [5, 5.41) is 12.5. The van der Waals surface area contributed by atoms with Crippen LogP contribution >= 0.6 is 22.9 Å². The number of rotatable bonds is 1. The summed E-state index contributed by atoms with van der Waals surface area (Å²) in [5.74, 6) is 0. The largest absolute Gasteiger partial charge is 0.197 e. The van der Waals surface area contributed by atoms with E-state index >= 15 is 0 Å². The van der Waals surface area contributed by atoms with Crippen LogP contribution < -0.4 is 0 Å². The van der Waals surface area contributed by atoms with E-state index in [2.05, 4.69) is 35.3 Å². The first-order valence-corrected chi connectivity index (χ1v) is 6.39. The zero-order valence-corrected chi connectivity index (χ0v) is 10.9. The molecule has 0 radical (unpaired) electrons. The van der Waals surface area contributed by atoms with E-state index in [4.69, 9.17) is 0 Å². The van der Waals surface area contributed by atoms with Crippen molar-refractivity contribution >= 4 is 22.9 Å². The zero-order valence-electron chi connectivity index (χ0n) is 9.24. The van der Waals surface area contributed by atoms with Gasteiger partial charge in [0, 0.05) is 16.4 Å². The van der Waals surface area contributed by atoms with Gasteiger partial charge in [0.05, 0.1) is 5.69 Å².